The molecule has 0 spiro atoms. The lowest BCUT2D eigenvalue weighted by molar-refractivity contribution is 0.538. The topological polar surface area (TPSA) is 26.0 Å². The fourth-order valence-corrected chi connectivity index (χ4v) is 0.698. The van der Waals surface area contributed by atoms with E-state index < -0.39 is 0 Å². The molecule has 0 aromatic heterocycles. The molecular weight excluding hydrogens is 122 g/mol. The average Bonchev–Trinajstić information content (AvgIpc) is 1.83. The zero-order valence-electron chi connectivity index (χ0n) is 5.36. The number of hydrogen-bond acceptors (Lipinski definition) is 1. The predicted octanol–water partition coefficient (Wildman–Crippen LogP) is 1.60. The van der Waals surface area contributed by atoms with E-state index >= 15 is 0 Å². The Morgan fingerprint density at radius 2 is 2.25 bits per heavy atom. The summed E-state index contributed by atoms with van der Waals surface area (Å²) in [6.07, 6.45) is 2.26. The maximum absolute atomic E-state index is 5.46. The van der Waals surface area contributed by atoms with Crippen molar-refractivity contribution in [2.75, 3.05) is 12.4 Å². The highest BCUT2D eigenvalue weighted by atomic mass is 35.5. The normalized spacial score (nSPS) is 13.9. The molecule has 2 heteroatoms. The molecule has 0 saturated heterocycles. The fourth-order valence-electron chi connectivity index (χ4n) is 0.543. The second-order valence-electron chi connectivity index (χ2n) is 2.17. The van der Waals surface area contributed by atoms with E-state index in [1.165, 1.54) is 6.42 Å². The van der Waals surface area contributed by atoms with Crippen LogP contribution in [0.4, 0.5) is 0 Å². The molecule has 1 atom stereocenters. The predicted molar refractivity (Wildman–Crippen MR) is 38.2 cm³/mol. The molecule has 0 aromatic carbocycles. The Morgan fingerprint density at radius 1 is 1.62 bits per heavy atom. The maximum Gasteiger partial charge on any atom is 0.0223 e. The van der Waals surface area contributed by atoms with Crippen molar-refractivity contribution in [2.24, 2.45) is 11.7 Å². The van der Waals surface area contributed by atoms with Crippen LogP contribution >= 0.6 is 11.6 Å². The van der Waals surface area contributed by atoms with Gasteiger partial charge in [0.05, 0.1) is 0 Å². The van der Waals surface area contributed by atoms with E-state index in [1.54, 1.807) is 0 Å². The third-order valence-corrected chi connectivity index (χ3v) is 1.50. The van der Waals surface area contributed by atoms with Crippen LogP contribution in [0.2, 0.25) is 0 Å². The first kappa shape index (κ1) is 8.25. The van der Waals surface area contributed by atoms with Crippen LogP contribution in [0.1, 0.15) is 19.8 Å². The molecule has 0 heterocycles. The number of alkyl halides is 1. The monoisotopic (exact) mass is 135 g/mol. The van der Waals surface area contributed by atoms with Gasteiger partial charge in [-0.05, 0) is 25.3 Å². The molecule has 0 saturated carbocycles. The first-order valence-corrected chi connectivity index (χ1v) is 3.60. The summed E-state index contributed by atoms with van der Waals surface area (Å²) in [7, 11) is 0. The lowest BCUT2D eigenvalue weighted by Crippen LogP contribution is -2.10. The van der Waals surface area contributed by atoms with Crippen LogP contribution in [0.25, 0.3) is 0 Å². The first-order valence-electron chi connectivity index (χ1n) is 3.07. The molecule has 0 aromatic rings. The van der Waals surface area contributed by atoms with Gasteiger partial charge in [0, 0.05) is 5.88 Å². The van der Waals surface area contributed by atoms with Crippen LogP contribution in [0.5, 0.6) is 0 Å². The third-order valence-electron chi connectivity index (χ3n) is 1.23. The van der Waals surface area contributed by atoms with Gasteiger partial charge in [0.1, 0.15) is 0 Å². The van der Waals surface area contributed by atoms with Gasteiger partial charge in [0.15, 0.2) is 0 Å². The van der Waals surface area contributed by atoms with Gasteiger partial charge >= 0.3 is 0 Å². The van der Waals surface area contributed by atoms with Crippen LogP contribution in [0.3, 0.4) is 0 Å². The lowest BCUT2D eigenvalue weighted by atomic mass is 10.1. The van der Waals surface area contributed by atoms with Crippen molar-refractivity contribution in [3.8, 4) is 0 Å². The first-order chi connectivity index (χ1) is 3.81. The van der Waals surface area contributed by atoms with Gasteiger partial charge < -0.3 is 5.73 Å². The average molecular weight is 136 g/mol. The van der Waals surface area contributed by atoms with Crippen molar-refractivity contribution < 1.29 is 0 Å². The summed E-state index contributed by atoms with van der Waals surface area (Å²) < 4.78 is 0. The van der Waals surface area contributed by atoms with Crippen molar-refractivity contribution >= 4 is 11.6 Å². The number of halogens is 1. The summed E-state index contributed by atoms with van der Waals surface area (Å²) in [4.78, 5) is 0. The van der Waals surface area contributed by atoms with Crippen molar-refractivity contribution in [3.63, 3.8) is 0 Å². The number of rotatable bonds is 4. The molecule has 0 fully saturated rings. The molecule has 0 aliphatic carbocycles. The highest BCUT2D eigenvalue weighted by Gasteiger charge is 1.95. The maximum atomic E-state index is 5.46. The second-order valence-corrected chi connectivity index (χ2v) is 2.55. The summed E-state index contributed by atoms with van der Waals surface area (Å²) in [6.45, 7) is 2.93. The minimum absolute atomic E-state index is 0.647. The van der Waals surface area contributed by atoms with Crippen LogP contribution in [-0.4, -0.2) is 12.4 Å². The molecule has 0 amide bonds. The SMILES string of the molecule is CC(CN)CCCCl. The number of nitrogens with two attached hydrogens (primary N) is 1. The van der Waals surface area contributed by atoms with Crippen LogP contribution in [0.15, 0.2) is 0 Å². The van der Waals surface area contributed by atoms with Crippen molar-refractivity contribution in [3.05, 3.63) is 0 Å². The second kappa shape index (κ2) is 5.39. The number of hydrogen-bond donors (Lipinski definition) is 1. The lowest BCUT2D eigenvalue weighted by Gasteiger charge is -2.03. The Balaban J connectivity index is 2.86. The van der Waals surface area contributed by atoms with E-state index in [4.69, 9.17) is 17.3 Å². The zero-order valence-corrected chi connectivity index (χ0v) is 6.12. The quantitative estimate of drug-likeness (QED) is 0.583. The Morgan fingerprint density at radius 3 is 2.62 bits per heavy atom. The third kappa shape index (κ3) is 4.41. The Kier molecular flexibility index (Phi) is 5.56. The van der Waals surface area contributed by atoms with Crippen molar-refractivity contribution in [1.82, 2.24) is 0 Å². The highest BCUT2D eigenvalue weighted by molar-refractivity contribution is 6.17. The Bertz CT molecular complexity index is 47.8. The van der Waals surface area contributed by atoms with E-state index in [1.807, 2.05) is 0 Å². The van der Waals surface area contributed by atoms with Gasteiger partial charge in [-0.25, -0.2) is 0 Å². The summed E-state index contributed by atoms with van der Waals surface area (Å²) in [5.41, 5.74) is 5.37. The van der Waals surface area contributed by atoms with Gasteiger partial charge in [-0.2, -0.15) is 0 Å². The molecular formula is C6H14ClN. The van der Waals surface area contributed by atoms with Gasteiger partial charge in [-0.1, -0.05) is 6.92 Å². The standard InChI is InChI=1S/C6H14ClN/c1-6(5-8)3-2-4-7/h6H,2-5,8H2,1H3. The molecule has 2 N–H and O–H groups in total. The van der Waals surface area contributed by atoms with Crippen LogP contribution in [0, 0.1) is 5.92 Å². The summed E-state index contributed by atoms with van der Waals surface area (Å²) in [5, 5.41) is 0. The van der Waals surface area contributed by atoms with Gasteiger partial charge in [-0.3, -0.25) is 0 Å². The van der Waals surface area contributed by atoms with Crippen LogP contribution in [-0.2, 0) is 0 Å². The Hall–Kier alpha value is 0.250. The van der Waals surface area contributed by atoms with Gasteiger partial charge in [0.2, 0.25) is 0 Å². The summed E-state index contributed by atoms with van der Waals surface area (Å²) in [6, 6.07) is 0. The van der Waals surface area contributed by atoms with E-state index in [2.05, 4.69) is 6.92 Å². The van der Waals surface area contributed by atoms with Gasteiger partial charge in [-0.15, -0.1) is 11.6 Å². The molecule has 0 bridgehead atoms. The van der Waals surface area contributed by atoms with Crippen molar-refractivity contribution in [2.45, 2.75) is 19.8 Å². The van der Waals surface area contributed by atoms with Crippen molar-refractivity contribution in [1.29, 1.82) is 0 Å². The summed E-state index contributed by atoms with van der Waals surface area (Å²) >= 11 is 5.46. The minimum atomic E-state index is 0.647. The molecule has 0 aliphatic rings. The smallest absolute Gasteiger partial charge is 0.0223 e. The van der Waals surface area contributed by atoms with Gasteiger partial charge in [0.25, 0.3) is 0 Å². The van der Waals surface area contributed by atoms with E-state index in [-0.39, 0.29) is 0 Å². The highest BCUT2D eigenvalue weighted by Crippen LogP contribution is 2.02. The molecule has 1 unspecified atom stereocenters. The molecule has 0 rings (SSSR count). The van der Waals surface area contributed by atoms with Crippen LogP contribution < -0.4 is 5.73 Å². The van der Waals surface area contributed by atoms with E-state index in [9.17, 15) is 0 Å². The molecule has 0 radical (unpaired) electrons. The molecule has 1 nitrogen and oxygen atoms in total. The zero-order chi connectivity index (χ0) is 6.41. The largest absolute Gasteiger partial charge is 0.330 e. The molecule has 8 heavy (non-hydrogen) atoms. The molecule has 0 aliphatic heterocycles. The van der Waals surface area contributed by atoms with E-state index in [0.29, 0.717) is 5.92 Å². The summed E-state index contributed by atoms with van der Waals surface area (Å²) in [5.74, 6) is 1.42. The minimum Gasteiger partial charge on any atom is -0.330 e. The Labute approximate surface area is 56.2 Å². The fraction of sp³-hybridized carbons (Fsp3) is 1.00. The van der Waals surface area contributed by atoms with E-state index in [0.717, 1.165) is 18.8 Å². The molecule has 50 valence electrons.